The summed E-state index contributed by atoms with van der Waals surface area (Å²) in [5.41, 5.74) is 2.84. The van der Waals surface area contributed by atoms with E-state index in [1.807, 2.05) is 54.6 Å². The topological polar surface area (TPSA) is 67.4 Å². The van der Waals surface area contributed by atoms with Crippen molar-refractivity contribution in [2.75, 3.05) is 11.3 Å². The van der Waals surface area contributed by atoms with Gasteiger partial charge in [-0.1, -0.05) is 72.8 Å². The van der Waals surface area contributed by atoms with Gasteiger partial charge in [0.05, 0.1) is 10.6 Å². The molecule has 2 N–H and O–H groups in total. The summed E-state index contributed by atoms with van der Waals surface area (Å²) >= 11 is 0. The Balaban J connectivity index is 0.00000289. The zero-order valence-corrected chi connectivity index (χ0v) is 21.1. The Morgan fingerprint density at radius 3 is 2.51 bits per heavy atom. The highest BCUT2D eigenvalue weighted by atomic mass is 35.5. The average Bonchev–Trinajstić information content (AvgIpc) is 2.87. The number of anilines is 1. The van der Waals surface area contributed by atoms with Crippen LogP contribution >= 0.6 is 12.4 Å². The highest BCUT2D eigenvalue weighted by molar-refractivity contribution is 7.93. The fourth-order valence-electron chi connectivity index (χ4n) is 4.44. The molecule has 0 amide bonds. The van der Waals surface area contributed by atoms with Gasteiger partial charge in [-0.05, 0) is 48.4 Å². The first-order valence-corrected chi connectivity index (χ1v) is 13.1. The number of rotatable bonds is 7. The summed E-state index contributed by atoms with van der Waals surface area (Å²) in [7, 11) is -3.75. The van der Waals surface area contributed by atoms with Crippen molar-refractivity contribution in [3.8, 4) is 5.75 Å². The van der Waals surface area contributed by atoms with Crippen LogP contribution in [0.3, 0.4) is 0 Å². The number of sulfonamides is 1. The third-order valence-electron chi connectivity index (χ3n) is 6.34. The normalized spacial score (nSPS) is 16.0. The van der Waals surface area contributed by atoms with Crippen LogP contribution in [0.2, 0.25) is 0 Å². The minimum absolute atomic E-state index is 0. The van der Waals surface area contributed by atoms with Crippen LogP contribution in [0.4, 0.5) is 5.69 Å². The number of hydrogen-bond acceptors (Lipinski definition) is 4. The number of benzene rings is 4. The predicted molar refractivity (Wildman–Crippen MR) is 144 cm³/mol. The molecule has 35 heavy (non-hydrogen) atoms. The van der Waals surface area contributed by atoms with Gasteiger partial charge >= 0.3 is 0 Å². The Kier molecular flexibility index (Phi) is 7.65. The van der Waals surface area contributed by atoms with Crippen LogP contribution in [0.25, 0.3) is 10.8 Å². The van der Waals surface area contributed by atoms with Gasteiger partial charge in [-0.2, -0.15) is 0 Å². The molecule has 1 aliphatic rings. The Labute approximate surface area is 213 Å². The molecule has 4 aromatic rings. The summed E-state index contributed by atoms with van der Waals surface area (Å²) in [6.07, 6.45) is 1.85. The molecule has 182 valence electrons. The maximum absolute atomic E-state index is 13.2. The lowest BCUT2D eigenvalue weighted by atomic mass is 10.0. The fraction of sp³-hybridized carbons (Fsp3) is 0.214. The van der Waals surface area contributed by atoms with Crippen LogP contribution in [0.1, 0.15) is 30.5 Å². The zero-order valence-electron chi connectivity index (χ0n) is 19.5. The Hall–Kier alpha value is -3.06. The SMILES string of the molecule is C[C@@H](NC[C@H]1CCc2ccc(NS(=O)(=O)c3cccc4ccccc34)cc2O1)c1ccccc1.Cl. The van der Waals surface area contributed by atoms with Gasteiger partial charge in [0.25, 0.3) is 10.0 Å². The molecule has 0 spiro atoms. The molecule has 5 rings (SSSR count). The number of fused-ring (bicyclic) bond motifs is 2. The van der Waals surface area contributed by atoms with Crippen LogP contribution < -0.4 is 14.8 Å². The van der Waals surface area contributed by atoms with Crippen LogP contribution in [-0.2, 0) is 16.4 Å². The quantitative estimate of drug-likeness (QED) is 0.316. The monoisotopic (exact) mass is 508 g/mol. The Morgan fingerprint density at radius 1 is 0.943 bits per heavy atom. The smallest absolute Gasteiger partial charge is 0.262 e. The second-order valence-electron chi connectivity index (χ2n) is 8.72. The van der Waals surface area contributed by atoms with Gasteiger partial charge in [-0.15, -0.1) is 12.4 Å². The van der Waals surface area contributed by atoms with Crippen molar-refractivity contribution in [2.24, 2.45) is 0 Å². The summed E-state index contributed by atoms with van der Waals surface area (Å²) in [4.78, 5) is 0.265. The molecule has 0 radical (unpaired) electrons. The van der Waals surface area contributed by atoms with Crippen molar-refractivity contribution in [3.63, 3.8) is 0 Å². The molecular formula is C28H29ClN2O3S. The summed E-state index contributed by atoms with van der Waals surface area (Å²) in [5.74, 6) is 0.739. The molecule has 7 heteroatoms. The summed E-state index contributed by atoms with van der Waals surface area (Å²) in [6.45, 7) is 2.87. The Morgan fingerprint density at radius 2 is 1.69 bits per heavy atom. The first-order chi connectivity index (χ1) is 16.5. The maximum atomic E-state index is 13.2. The second-order valence-corrected chi connectivity index (χ2v) is 10.4. The molecule has 1 heterocycles. The lowest BCUT2D eigenvalue weighted by Crippen LogP contribution is -2.35. The molecule has 0 saturated heterocycles. The van der Waals surface area contributed by atoms with Crippen molar-refractivity contribution in [2.45, 2.75) is 36.8 Å². The van der Waals surface area contributed by atoms with E-state index < -0.39 is 10.0 Å². The highest BCUT2D eigenvalue weighted by Gasteiger charge is 2.22. The average molecular weight is 509 g/mol. The van der Waals surface area contributed by atoms with Gasteiger partial charge in [0.1, 0.15) is 11.9 Å². The van der Waals surface area contributed by atoms with Crippen LogP contribution in [0, 0.1) is 0 Å². The van der Waals surface area contributed by atoms with E-state index in [4.69, 9.17) is 4.74 Å². The number of ether oxygens (including phenoxy) is 1. The summed E-state index contributed by atoms with van der Waals surface area (Å²) in [5, 5.41) is 5.14. The Bertz CT molecular complexity index is 1410. The molecule has 0 aliphatic carbocycles. The third-order valence-corrected chi connectivity index (χ3v) is 7.78. The molecule has 5 nitrogen and oxygen atoms in total. The standard InChI is InChI=1S/C28H28N2O3S.ClH/c1-20(21-8-3-2-4-9-21)29-19-25-17-15-23-14-16-24(18-27(23)33-25)30-34(31,32)28-13-7-11-22-10-5-6-12-26(22)28;/h2-14,16,18,20,25,29-30H,15,17,19H2,1H3;1H/t20-,25-;/m1./s1. The van der Waals surface area contributed by atoms with Crippen LogP contribution in [0.15, 0.2) is 95.9 Å². The molecule has 1 aliphatic heterocycles. The minimum atomic E-state index is -3.75. The van der Waals surface area contributed by atoms with E-state index in [-0.39, 0.29) is 29.4 Å². The van der Waals surface area contributed by atoms with E-state index in [1.54, 1.807) is 24.3 Å². The van der Waals surface area contributed by atoms with Gasteiger partial charge in [0, 0.05) is 24.0 Å². The molecular weight excluding hydrogens is 480 g/mol. The van der Waals surface area contributed by atoms with Crippen molar-refractivity contribution < 1.29 is 13.2 Å². The number of nitrogens with one attached hydrogen (secondary N) is 2. The van der Waals surface area contributed by atoms with Gasteiger partial charge in [-0.25, -0.2) is 8.42 Å². The van der Waals surface area contributed by atoms with Gasteiger partial charge in [0.15, 0.2) is 0 Å². The lowest BCUT2D eigenvalue weighted by Gasteiger charge is -2.28. The van der Waals surface area contributed by atoms with Crippen molar-refractivity contribution >= 4 is 38.9 Å². The van der Waals surface area contributed by atoms with E-state index in [0.29, 0.717) is 11.1 Å². The molecule has 4 aromatic carbocycles. The first-order valence-electron chi connectivity index (χ1n) is 11.6. The first kappa shape index (κ1) is 25.0. The number of aryl methyl sites for hydroxylation is 1. The van der Waals surface area contributed by atoms with Gasteiger partial charge in [-0.3, -0.25) is 4.72 Å². The lowest BCUT2D eigenvalue weighted by molar-refractivity contribution is 0.167. The summed E-state index contributed by atoms with van der Waals surface area (Å²) < 4.78 is 35.4. The maximum Gasteiger partial charge on any atom is 0.262 e. The molecule has 0 saturated carbocycles. The van der Waals surface area contributed by atoms with Crippen LogP contribution in [-0.4, -0.2) is 21.1 Å². The van der Waals surface area contributed by atoms with Crippen molar-refractivity contribution in [1.82, 2.24) is 5.32 Å². The largest absolute Gasteiger partial charge is 0.489 e. The van der Waals surface area contributed by atoms with Crippen molar-refractivity contribution in [1.29, 1.82) is 0 Å². The molecule has 2 atom stereocenters. The fourth-order valence-corrected chi connectivity index (χ4v) is 5.72. The van der Waals surface area contributed by atoms with E-state index in [1.165, 1.54) is 5.56 Å². The van der Waals surface area contributed by atoms with E-state index >= 15 is 0 Å². The second kappa shape index (κ2) is 10.7. The van der Waals surface area contributed by atoms with E-state index in [0.717, 1.165) is 36.1 Å². The van der Waals surface area contributed by atoms with E-state index in [2.05, 4.69) is 29.1 Å². The molecule has 0 fully saturated rings. The van der Waals surface area contributed by atoms with Crippen LogP contribution in [0.5, 0.6) is 5.75 Å². The highest BCUT2D eigenvalue weighted by Crippen LogP contribution is 2.32. The molecule has 0 aromatic heterocycles. The predicted octanol–water partition coefficient (Wildman–Crippen LogP) is 6.11. The van der Waals surface area contributed by atoms with Crippen molar-refractivity contribution in [3.05, 3.63) is 102 Å². The summed E-state index contributed by atoms with van der Waals surface area (Å²) in [6, 6.07) is 28.9. The zero-order chi connectivity index (χ0) is 23.5. The van der Waals surface area contributed by atoms with E-state index in [9.17, 15) is 8.42 Å². The number of hydrogen-bond donors (Lipinski definition) is 2. The van der Waals surface area contributed by atoms with Gasteiger partial charge < -0.3 is 10.1 Å². The third kappa shape index (κ3) is 5.61. The number of halogens is 1. The molecule has 0 unspecified atom stereocenters. The van der Waals surface area contributed by atoms with Gasteiger partial charge in [0.2, 0.25) is 0 Å². The minimum Gasteiger partial charge on any atom is -0.489 e. The molecule has 0 bridgehead atoms.